The van der Waals surface area contributed by atoms with Gasteiger partial charge < -0.3 is 14.8 Å². The van der Waals surface area contributed by atoms with E-state index in [2.05, 4.69) is 11.4 Å². The molecule has 0 spiro atoms. The van der Waals surface area contributed by atoms with Gasteiger partial charge in [0.1, 0.15) is 17.7 Å². The van der Waals surface area contributed by atoms with E-state index in [0.29, 0.717) is 30.9 Å². The molecule has 0 radical (unpaired) electrons. The van der Waals surface area contributed by atoms with E-state index in [0.717, 1.165) is 5.56 Å². The lowest BCUT2D eigenvalue weighted by Gasteiger charge is -2.32. The van der Waals surface area contributed by atoms with Crippen LogP contribution in [0.15, 0.2) is 48.5 Å². The Morgan fingerprint density at radius 3 is 2.65 bits per heavy atom. The van der Waals surface area contributed by atoms with Gasteiger partial charge in [0.25, 0.3) is 0 Å². The molecule has 2 aromatic rings. The minimum absolute atomic E-state index is 0.142. The van der Waals surface area contributed by atoms with Gasteiger partial charge in [-0.1, -0.05) is 12.1 Å². The normalized spacial score (nSPS) is 19.4. The molecule has 0 aliphatic carbocycles. The fourth-order valence-electron chi connectivity index (χ4n) is 2.82. The minimum Gasteiger partial charge on any atom is -0.486 e. The number of amides is 1. The van der Waals surface area contributed by atoms with Crippen molar-refractivity contribution in [1.29, 1.82) is 5.26 Å². The number of nitrogens with zero attached hydrogens (tertiary/aromatic N) is 1. The van der Waals surface area contributed by atoms with E-state index in [1.165, 1.54) is 12.1 Å². The fraction of sp³-hybridized carbons (Fsp3) is 0.300. The van der Waals surface area contributed by atoms with E-state index >= 15 is 0 Å². The third kappa shape index (κ3) is 4.80. The number of benzene rings is 2. The van der Waals surface area contributed by atoms with Crippen LogP contribution in [0.25, 0.3) is 0 Å². The summed E-state index contributed by atoms with van der Waals surface area (Å²) >= 11 is 0. The molecule has 2 atom stereocenters. The molecule has 3 rings (SSSR count). The second-order valence-corrected chi connectivity index (χ2v) is 6.13. The van der Waals surface area contributed by atoms with Crippen molar-refractivity contribution >= 4 is 5.91 Å². The van der Waals surface area contributed by atoms with Crippen molar-refractivity contribution in [2.75, 3.05) is 13.2 Å². The van der Waals surface area contributed by atoms with Gasteiger partial charge in [-0.25, -0.2) is 4.39 Å². The van der Waals surface area contributed by atoms with Crippen molar-refractivity contribution < 1.29 is 18.7 Å². The maximum Gasteiger partial charge on any atom is 0.224 e. The predicted octanol–water partition coefficient (Wildman–Crippen LogP) is 2.59. The van der Waals surface area contributed by atoms with Crippen LogP contribution < -0.4 is 10.1 Å². The van der Waals surface area contributed by atoms with Crippen LogP contribution >= 0.6 is 0 Å². The van der Waals surface area contributed by atoms with Crippen LogP contribution in [-0.4, -0.2) is 31.3 Å². The standard InChI is InChI=1S/C20H19FN2O3/c21-16-5-1-14(2-6-16)11-20(24)23-18-9-10-25-13-19(18)26-17-7-3-15(12-22)4-8-17/h1-8,18-19H,9-11,13H2,(H,23,24)/t18-,19-/m1/s1. The van der Waals surface area contributed by atoms with Crippen molar-refractivity contribution in [3.05, 3.63) is 65.5 Å². The van der Waals surface area contributed by atoms with Gasteiger partial charge in [0.2, 0.25) is 5.91 Å². The predicted molar refractivity (Wildman–Crippen MR) is 93.0 cm³/mol. The monoisotopic (exact) mass is 354 g/mol. The quantitative estimate of drug-likeness (QED) is 0.896. The Hall–Kier alpha value is -2.91. The molecule has 26 heavy (non-hydrogen) atoms. The second kappa shape index (κ2) is 8.45. The molecule has 1 aliphatic rings. The van der Waals surface area contributed by atoms with Crippen LogP contribution in [0.5, 0.6) is 5.75 Å². The molecule has 1 fully saturated rings. The Labute approximate surface area is 151 Å². The third-order valence-corrected chi connectivity index (χ3v) is 4.20. The molecule has 0 bridgehead atoms. The number of hydrogen-bond donors (Lipinski definition) is 1. The van der Waals surface area contributed by atoms with Gasteiger partial charge >= 0.3 is 0 Å². The molecule has 1 N–H and O–H groups in total. The molecule has 6 heteroatoms. The molecule has 0 aromatic heterocycles. The number of ether oxygens (including phenoxy) is 2. The van der Waals surface area contributed by atoms with Crippen LogP contribution in [-0.2, 0) is 16.0 Å². The molecule has 0 unspecified atom stereocenters. The first kappa shape index (κ1) is 17.9. The molecule has 5 nitrogen and oxygen atoms in total. The highest BCUT2D eigenvalue weighted by molar-refractivity contribution is 5.78. The molecule has 1 saturated heterocycles. The molecule has 1 amide bonds. The van der Waals surface area contributed by atoms with Gasteiger partial charge in [-0.15, -0.1) is 0 Å². The number of carbonyl (C=O) groups excluding carboxylic acids is 1. The van der Waals surface area contributed by atoms with Crippen molar-refractivity contribution in [2.24, 2.45) is 0 Å². The molecule has 1 aliphatic heterocycles. The van der Waals surface area contributed by atoms with Gasteiger partial charge in [-0.05, 0) is 48.4 Å². The van der Waals surface area contributed by atoms with Crippen molar-refractivity contribution in [1.82, 2.24) is 5.32 Å². The first-order valence-corrected chi connectivity index (χ1v) is 8.42. The van der Waals surface area contributed by atoms with Crippen LogP contribution in [0.4, 0.5) is 4.39 Å². The van der Waals surface area contributed by atoms with Crippen LogP contribution in [0, 0.1) is 17.1 Å². The topological polar surface area (TPSA) is 71.3 Å². The first-order valence-electron chi connectivity index (χ1n) is 8.42. The van der Waals surface area contributed by atoms with E-state index < -0.39 is 0 Å². The highest BCUT2D eigenvalue weighted by atomic mass is 19.1. The fourth-order valence-corrected chi connectivity index (χ4v) is 2.82. The zero-order valence-corrected chi connectivity index (χ0v) is 14.2. The number of nitriles is 1. The lowest BCUT2D eigenvalue weighted by molar-refractivity contribution is -0.123. The average Bonchev–Trinajstić information content (AvgIpc) is 2.66. The maximum atomic E-state index is 13.0. The highest BCUT2D eigenvalue weighted by Gasteiger charge is 2.29. The Morgan fingerprint density at radius 2 is 1.96 bits per heavy atom. The largest absolute Gasteiger partial charge is 0.486 e. The van der Waals surface area contributed by atoms with Gasteiger partial charge in [-0.2, -0.15) is 5.26 Å². The molecular weight excluding hydrogens is 335 g/mol. The van der Waals surface area contributed by atoms with E-state index in [4.69, 9.17) is 14.7 Å². The van der Waals surface area contributed by atoms with Crippen molar-refractivity contribution in [2.45, 2.75) is 25.0 Å². The molecule has 2 aromatic carbocycles. The zero-order valence-electron chi connectivity index (χ0n) is 14.2. The van der Waals surface area contributed by atoms with Gasteiger partial charge in [0, 0.05) is 6.61 Å². The van der Waals surface area contributed by atoms with Crippen LogP contribution in [0.1, 0.15) is 17.5 Å². The summed E-state index contributed by atoms with van der Waals surface area (Å²) in [5.74, 6) is 0.156. The summed E-state index contributed by atoms with van der Waals surface area (Å²) in [6.45, 7) is 0.927. The highest BCUT2D eigenvalue weighted by Crippen LogP contribution is 2.18. The van der Waals surface area contributed by atoms with Gasteiger partial charge in [-0.3, -0.25) is 4.79 Å². The first-order chi connectivity index (χ1) is 12.6. The molecule has 134 valence electrons. The van der Waals surface area contributed by atoms with Crippen LogP contribution in [0.2, 0.25) is 0 Å². The minimum atomic E-state index is -0.325. The summed E-state index contributed by atoms with van der Waals surface area (Å²) in [6, 6.07) is 14.6. The third-order valence-electron chi connectivity index (χ3n) is 4.20. The number of hydrogen-bond acceptors (Lipinski definition) is 4. The van der Waals surface area contributed by atoms with E-state index in [-0.39, 0.29) is 30.3 Å². The number of carbonyl (C=O) groups is 1. The Kier molecular flexibility index (Phi) is 5.82. The smallest absolute Gasteiger partial charge is 0.224 e. The van der Waals surface area contributed by atoms with E-state index in [1.54, 1.807) is 36.4 Å². The van der Waals surface area contributed by atoms with Gasteiger partial charge in [0.15, 0.2) is 0 Å². The summed E-state index contributed by atoms with van der Waals surface area (Å²) in [5, 5.41) is 11.8. The summed E-state index contributed by atoms with van der Waals surface area (Å²) < 4.78 is 24.4. The second-order valence-electron chi connectivity index (χ2n) is 6.13. The molecule has 0 saturated carbocycles. The van der Waals surface area contributed by atoms with Crippen molar-refractivity contribution in [3.8, 4) is 11.8 Å². The molecular formula is C20H19FN2O3. The van der Waals surface area contributed by atoms with Crippen LogP contribution in [0.3, 0.4) is 0 Å². The average molecular weight is 354 g/mol. The lowest BCUT2D eigenvalue weighted by Crippen LogP contribution is -2.51. The number of halogens is 1. The SMILES string of the molecule is N#Cc1ccc(O[C@@H]2COCC[C@H]2NC(=O)Cc2ccc(F)cc2)cc1. The van der Waals surface area contributed by atoms with Crippen molar-refractivity contribution in [3.63, 3.8) is 0 Å². The summed E-state index contributed by atoms with van der Waals surface area (Å²) in [4.78, 5) is 12.3. The summed E-state index contributed by atoms with van der Waals surface area (Å²) in [6.07, 6.45) is 0.519. The Morgan fingerprint density at radius 1 is 1.23 bits per heavy atom. The number of rotatable bonds is 5. The zero-order chi connectivity index (χ0) is 18.4. The van der Waals surface area contributed by atoms with E-state index in [9.17, 15) is 9.18 Å². The van der Waals surface area contributed by atoms with E-state index in [1.807, 2.05) is 0 Å². The maximum absolute atomic E-state index is 13.0. The lowest BCUT2D eigenvalue weighted by atomic mass is 10.0. The summed E-state index contributed by atoms with van der Waals surface area (Å²) in [5.41, 5.74) is 1.31. The Balaban J connectivity index is 1.59. The summed E-state index contributed by atoms with van der Waals surface area (Å²) in [7, 11) is 0. The van der Waals surface area contributed by atoms with Gasteiger partial charge in [0.05, 0.1) is 30.7 Å². The molecule has 1 heterocycles. The Bertz CT molecular complexity index is 784. The number of nitrogens with one attached hydrogen (secondary N) is 1.